The summed E-state index contributed by atoms with van der Waals surface area (Å²) in [6.45, 7) is 8.39. The summed E-state index contributed by atoms with van der Waals surface area (Å²) in [7, 11) is -3.86. The zero-order valence-corrected chi connectivity index (χ0v) is 24.3. The molecule has 2 aromatic carbocycles. The van der Waals surface area contributed by atoms with E-state index < -0.39 is 34.1 Å². The van der Waals surface area contributed by atoms with Crippen molar-refractivity contribution in [3.8, 4) is 0 Å². The molecule has 0 saturated carbocycles. The van der Waals surface area contributed by atoms with Crippen LogP contribution in [0.4, 0.5) is 5.69 Å². The van der Waals surface area contributed by atoms with Gasteiger partial charge < -0.3 is 10.2 Å². The third kappa shape index (κ3) is 8.00. The lowest BCUT2D eigenvalue weighted by atomic mass is 10.1. The Bertz CT molecular complexity index is 1210. The highest BCUT2D eigenvalue weighted by Gasteiger charge is 2.34. The number of benzene rings is 2. The Labute approximate surface area is 228 Å². The molecule has 1 N–H and O–H groups in total. The number of anilines is 1. The minimum absolute atomic E-state index is 0.0788. The fourth-order valence-corrected chi connectivity index (χ4v) is 5.37. The molecule has 0 fully saturated rings. The van der Waals surface area contributed by atoms with Crippen LogP contribution in [-0.4, -0.2) is 49.5 Å². The first-order valence-electron chi connectivity index (χ1n) is 11.3. The van der Waals surface area contributed by atoms with Crippen LogP contribution in [-0.2, 0) is 26.2 Å². The van der Waals surface area contributed by atoms with E-state index in [0.29, 0.717) is 31.9 Å². The minimum Gasteiger partial charge on any atom is -0.350 e. The molecule has 0 aromatic heterocycles. The molecule has 0 heterocycles. The number of hydrogen-bond donors (Lipinski definition) is 1. The monoisotopic (exact) mass is 575 g/mol. The van der Waals surface area contributed by atoms with Crippen LogP contribution in [0.3, 0.4) is 0 Å². The maximum absolute atomic E-state index is 13.8. The number of nitrogens with zero attached hydrogens (tertiary/aromatic N) is 2. The van der Waals surface area contributed by atoms with Crippen LogP contribution in [0.1, 0.15) is 45.2 Å². The normalized spacial score (nSPS) is 12.7. The molecule has 0 bridgehead atoms. The SMILES string of the molecule is CC[C@H](C(=O)NC(C)(C)C)N(Cc1c(Cl)cccc1Cl)C(=O)CN(c1ccc(Cl)cc1C)S(C)(=O)=O. The summed E-state index contributed by atoms with van der Waals surface area (Å²) < 4.78 is 26.5. The van der Waals surface area contributed by atoms with Gasteiger partial charge in [-0.15, -0.1) is 0 Å². The van der Waals surface area contributed by atoms with Gasteiger partial charge in [0.25, 0.3) is 0 Å². The number of amides is 2. The minimum atomic E-state index is -3.86. The Balaban J connectivity index is 2.56. The van der Waals surface area contributed by atoms with E-state index in [0.717, 1.165) is 10.6 Å². The van der Waals surface area contributed by atoms with Crippen molar-refractivity contribution in [2.75, 3.05) is 17.1 Å². The first kappa shape index (κ1) is 30.2. The number of rotatable bonds is 9. The van der Waals surface area contributed by atoms with E-state index in [-0.39, 0.29) is 18.9 Å². The zero-order valence-electron chi connectivity index (χ0n) is 21.2. The zero-order chi connectivity index (χ0) is 27.4. The lowest BCUT2D eigenvalue weighted by Gasteiger charge is -2.35. The van der Waals surface area contributed by atoms with E-state index in [1.807, 2.05) is 20.8 Å². The molecule has 0 aliphatic heterocycles. The highest BCUT2D eigenvalue weighted by atomic mass is 35.5. The standard InChI is InChI=1S/C25H32Cl3N3O4S/c1-7-21(24(33)29-25(3,4)5)30(14-18-19(27)9-8-10-20(18)28)23(32)15-31(36(6,34)35)22-12-11-17(26)13-16(22)2/h8-13,21H,7,14-15H2,1-6H3,(H,29,33)/t21-/m1/s1. The average Bonchev–Trinajstić information content (AvgIpc) is 2.72. The molecule has 2 aromatic rings. The van der Waals surface area contributed by atoms with E-state index in [4.69, 9.17) is 34.8 Å². The van der Waals surface area contributed by atoms with Crippen molar-refractivity contribution >= 4 is 62.3 Å². The number of hydrogen-bond acceptors (Lipinski definition) is 4. The van der Waals surface area contributed by atoms with Crippen LogP contribution < -0.4 is 9.62 Å². The van der Waals surface area contributed by atoms with Crippen molar-refractivity contribution in [1.29, 1.82) is 0 Å². The van der Waals surface area contributed by atoms with Crippen LogP contribution >= 0.6 is 34.8 Å². The summed E-state index contributed by atoms with van der Waals surface area (Å²) in [5.74, 6) is -0.947. The predicted octanol–water partition coefficient (Wildman–Crippen LogP) is 5.44. The average molecular weight is 577 g/mol. The number of aryl methyl sites for hydroxylation is 1. The summed E-state index contributed by atoms with van der Waals surface area (Å²) in [5, 5.41) is 4.01. The van der Waals surface area contributed by atoms with Gasteiger partial charge in [0.05, 0.1) is 11.9 Å². The highest BCUT2D eigenvalue weighted by molar-refractivity contribution is 7.92. The Morgan fingerprint density at radius 1 is 1.06 bits per heavy atom. The molecular formula is C25H32Cl3N3O4S. The molecule has 0 radical (unpaired) electrons. The van der Waals surface area contributed by atoms with Gasteiger partial charge in [-0.25, -0.2) is 8.42 Å². The van der Waals surface area contributed by atoms with Gasteiger partial charge in [-0.2, -0.15) is 0 Å². The van der Waals surface area contributed by atoms with Crippen molar-refractivity contribution in [2.45, 2.75) is 59.2 Å². The quantitative estimate of drug-likeness (QED) is 0.430. The first-order chi connectivity index (χ1) is 16.5. The molecule has 0 saturated heterocycles. The highest BCUT2D eigenvalue weighted by Crippen LogP contribution is 2.29. The maximum atomic E-state index is 13.8. The molecule has 0 spiro atoms. The van der Waals surface area contributed by atoms with Gasteiger partial charge in [0.2, 0.25) is 21.8 Å². The van der Waals surface area contributed by atoms with Gasteiger partial charge in [-0.05, 0) is 70.0 Å². The molecule has 198 valence electrons. The van der Waals surface area contributed by atoms with Crippen molar-refractivity contribution < 1.29 is 18.0 Å². The first-order valence-corrected chi connectivity index (χ1v) is 14.3. The molecule has 36 heavy (non-hydrogen) atoms. The Hall–Kier alpha value is -2.00. The summed E-state index contributed by atoms with van der Waals surface area (Å²) >= 11 is 18.8. The van der Waals surface area contributed by atoms with Crippen molar-refractivity contribution in [1.82, 2.24) is 10.2 Å². The van der Waals surface area contributed by atoms with Gasteiger partial charge in [0.1, 0.15) is 12.6 Å². The van der Waals surface area contributed by atoms with Crippen LogP contribution in [0.25, 0.3) is 0 Å². The number of sulfonamides is 1. The molecular weight excluding hydrogens is 545 g/mol. The second kappa shape index (κ2) is 12.0. The number of halogens is 3. The van der Waals surface area contributed by atoms with Crippen molar-refractivity contribution in [3.63, 3.8) is 0 Å². The number of carbonyl (C=O) groups excluding carboxylic acids is 2. The topological polar surface area (TPSA) is 86.8 Å². The molecule has 1 atom stereocenters. The van der Waals surface area contributed by atoms with Crippen LogP contribution in [0.15, 0.2) is 36.4 Å². The molecule has 11 heteroatoms. The summed E-state index contributed by atoms with van der Waals surface area (Å²) in [6.07, 6.45) is 1.31. The van der Waals surface area contributed by atoms with Gasteiger partial charge in [-0.3, -0.25) is 13.9 Å². The smallest absolute Gasteiger partial charge is 0.244 e. The fourth-order valence-electron chi connectivity index (χ4n) is 3.72. The Morgan fingerprint density at radius 2 is 1.64 bits per heavy atom. The number of nitrogens with one attached hydrogen (secondary N) is 1. The van der Waals surface area contributed by atoms with Crippen LogP contribution in [0.5, 0.6) is 0 Å². The van der Waals surface area contributed by atoms with Crippen LogP contribution in [0, 0.1) is 6.92 Å². The lowest BCUT2D eigenvalue weighted by molar-refractivity contribution is -0.141. The maximum Gasteiger partial charge on any atom is 0.244 e. The van der Waals surface area contributed by atoms with E-state index in [9.17, 15) is 18.0 Å². The van der Waals surface area contributed by atoms with Gasteiger partial charge in [0, 0.05) is 32.7 Å². The van der Waals surface area contributed by atoms with E-state index in [1.54, 1.807) is 50.2 Å². The molecule has 7 nitrogen and oxygen atoms in total. The summed E-state index contributed by atoms with van der Waals surface area (Å²) in [4.78, 5) is 28.3. The van der Waals surface area contributed by atoms with E-state index in [1.165, 1.54) is 4.90 Å². The Kier molecular flexibility index (Phi) is 10.1. The third-order valence-electron chi connectivity index (χ3n) is 5.38. The van der Waals surface area contributed by atoms with Gasteiger partial charge >= 0.3 is 0 Å². The fraction of sp³-hybridized carbons (Fsp3) is 0.440. The summed E-state index contributed by atoms with van der Waals surface area (Å²) in [6, 6.07) is 8.79. The molecule has 2 amide bonds. The molecule has 0 unspecified atom stereocenters. The van der Waals surface area contributed by atoms with Gasteiger partial charge in [-0.1, -0.05) is 47.8 Å². The van der Waals surface area contributed by atoms with Crippen molar-refractivity contribution in [2.24, 2.45) is 0 Å². The second-order valence-electron chi connectivity index (χ2n) is 9.59. The lowest BCUT2D eigenvalue weighted by Crippen LogP contribution is -2.55. The summed E-state index contributed by atoms with van der Waals surface area (Å²) in [5.41, 5.74) is 0.822. The second-order valence-corrected chi connectivity index (χ2v) is 12.7. The molecule has 0 aliphatic carbocycles. The third-order valence-corrected chi connectivity index (χ3v) is 7.45. The van der Waals surface area contributed by atoms with E-state index >= 15 is 0 Å². The largest absolute Gasteiger partial charge is 0.350 e. The van der Waals surface area contributed by atoms with Crippen molar-refractivity contribution in [3.05, 3.63) is 62.6 Å². The van der Waals surface area contributed by atoms with E-state index in [2.05, 4.69) is 5.32 Å². The molecule has 2 rings (SSSR count). The van der Waals surface area contributed by atoms with Gasteiger partial charge in [0.15, 0.2) is 0 Å². The predicted molar refractivity (Wildman–Crippen MR) is 147 cm³/mol. The molecule has 0 aliphatic rings. The number of carbonyl (C=O) groups is 2. The van der Waals surface area contributed by atoms with Crippen LogP contribution in [0.2, 0.25) is 15.1 Å². The Morgan fingerprint density at radius 3 is 2.11 bits per heavy atom.